The fraction of sp³-hybridized carbons (Fsp3) is 0.571. The van der Waals surface area contributed by atoms with Crippen molar-refractivity contribution >= 4 is 28.6 Å². The Kier molecular flexibility index (Phi) is 5.51. The summed E-state index contributed by atoms with van der Waals surface area (Å²) >= 11 is 0. The highest BCUT2D eigenvalue weighted by atomic mass is 16.5. The molecule has 0 fully saturated rings. The molecular weight excluding hydrogens is 282 g/mol. The van der Waals surface area contributed by atoms with E-state index in [0.717, 1.165) is 25.9 Å². The van der Waals surface area contributed by atoms with Gasteiger partial charge in [0.1, 0.15) is 11.0 Å². The minimum absolute atomic E-state index is 0.298. The highest BCUT2D eigenvalue weighted by Crippen LogP contribution is 2.27. The molecule has 0 saturated heterocycles. The van der Waals surface area contributed by atoms with Crippen LogP contribution in [0.4, 0.5) is 17.6 Å². The van der Waals surface area contributed by atoms with E-state index < -0.39 is 0 Å². The average molecular weight is 305 g/mol. The first-order valence-corrected chi connectivity index (χ1v) is 7.52. The van der Waals surface area contributed by atoms with Crippen molar-refractivity contribution in [1.82, 2.24) is 19.9 Å². The number of nitrogens with zero attached hydrogens (tertiary/aromatic N) is 4. The molecule has 120 valence electrons. The van der Waals surface area contributed by atoms with Crippen LogP contribution in [0.1, 0.15) is 26.7 Å². The van der Waals surface area contributed by atoms with Gasteiger partial charge >= 0.3 is 6.01 Å². The van der Waals surface area contributed by atoms with Gasteiger partial charge in [-0.1, -0.05) is 13.8 Å². The van der Waals surface area contributed by atoms with E-state index in [9.17, 15) is 0 Å². The van der Waals surface area contributed by atoms with Crippen LogP contribution in [0.3, 0.4) is 0 Å². The summed E-state index contributed by atoms with van der Waals surface area (Å²) in [5.41, 5.74) is 1.32. The van der Waals surface area contributed by atoms with E-state index in [-0.39, 0.29) is 0 Å². The number of hydrogen-bond acceptors (Lipinski definition) is 8. The first-order chi connectivity index (χ1) is 10.7. The molecule has 0 unspecified atom stereocenters. The van der Waals surface area contributed by atoms with Crippen LogP contribution in [0, 0.1) is 0 Å². The van der Waals surface area contributed by atoms with Crippen molar-refractivity contribution in [3.8, 4) is 6.01 Å². The predicted molar refractivity (Wildman–Crippen MR) is 88.8 cm³/mol. The maximum absolute atomic E-state index is 5.20. The summed E-state index contributed by atoms with van der Waals surface area (Å²) in [6.45, 7) is 5.79. The van der Waals surface area contributed by atoms with Crippen LogP contribution in [-0.4, -0.2) is 47.2 Å². The molecule has 2 rings (SSSR count). The standard InChI is InChI=1S/C14H23N7O/c1-5-7-16-11-10-9(18-13(15-3)20-11)12(17-8-6-2)21-14(19-10)22-4/h5-8H2,1-4H3,(H,17,19,21)(H2,15,16,18,20). The normalized spacial score (nSPS) is 10.5. The summed E-state index contributed by atoms with van der Waals surface area (Å²) < 4.78 is 5.20. The van der Waals surface area contributed by atoms with Gasteiger partial charge in [0.2, 0.25) is 5.95 Å². The number of anilines is 3. The van der Waals surface area contributed by atoms with E-state index in [4.69, 9.17) is 4.74 Å². The molecule has 0 spiro atoms. The van der Waals surface area contributed by atoms with E-state index >= 15 is 0 Å². The molecule has 3 N–H and O–H groups in total. The minimum atomic E-state index is 0.298. The molecule has 8 heteroatoms. The number of fused-ring (bicyclic) bond motifs is 1. The van der Waals surface area contributed by atoms with E-state index in [1.54, 1.807) is 14.2 Å². The average Bonchev–Trinajstić information content (AvgIpc) is 2.56. The molecule has 0 saturated carbocycles. The number of rotatable bonds is 8. The summed E-state index contributed by atoms with van der Waals surface area (Å²) in [5, 5.41) is 9.52. The van der Waals surface area contributed by atoms with Crippen molar-refractivity contribution in [2.24, 2.45) is 0 Å². The van der Waals surface area contributed by atoms with Crippen LogP contribution in [0.15, 0.2) is 0 Å². The molecule has 0 aliphatic carbocycles. The molecule has 2 heterocycles. The Morgan fingerprint density at radius 2 is 1.45 bits per heavy atom. The first-order valence-electron chi connectivity index (χ1n) is 7.52. The number of ether oxygens (including phenoxy) is 1. The lowest BCUT2D eigenvalue weighted by Crippen LogP contribution is -2.11. The van der Waals surface area contributed by atoms with Crippen LogP contribution in [-0.2, 0) is 0 Å². The third-order valence-electron chi connectivity index (χ3n) is 3.01. The Hall–Kier alpha value is -2.38. The van der Waals surface area contributed by atoms with E-state index in [1.165, 1.54) is 0 Å². The summed E-state index contributed by atoms with van der Waals surface area (Å²) in [4.78, 5) is 17.7. The zero-order valence-electron chi connectivity index (χ0n) is 13.5. The van der Waals surface area contributed by atoms with Gasteiger partial charge in [-0.3, -0.25) is 0 Å². The molecule has 0 radical (unpaired) electrons. The summed E-state index contributed by atoms with van der Waals surface area (Å²) in [7, 11) is 3.33. The van der Waals surface area contributed by atoms with Gasteiger partial charge in [-0.15, -0.1) is 0 Å². The number of nitrogens with one attached hydrogen (secondary N) is 3. The van der Waals surface area contributed by atoms with Crippen molar-refractivity contribution in [3.63, 3.8) is 0 Å². The Morgan fingerprint density at radius 1 is 0.864 bits per heavy atom. The smallest absolute Gasteiger partial charge is 0.318 e. The number of hydrogen-bond donors (Lipinski definition) is 3. The Bertz CT molecular complexity index is 577. The van der Waals surface area contributed by atoms with Crippen molar-refractivity contribution < 1.29 is 4.74 Å². The van der Waals surface area contributed by atoms with Gasteiger partial charge in [-0.25, -0.2) is 4.98 Å². The molecule has 22 heavy (non-hydrogen) atoms. The molecule has 8 nitrogen and oxygen atoms in total. The topological polar surface area (TPSA) is 96.9 Å². The third-order valence-corrected chi connectivity index (χ3v) is 3.01. The lowest BCUT2D eigenvalue weighted by atomic mass is 10.3. The lowest BCUT2D eigenvalue weighted by molar-refractivity contribution is 0.382. The van der Waals surface area contributed by atoms with E-state index in [2.05, 4.69) is 49.7 Å². The first kappa shape index (κ1) is 16.0. The maximum Gasteiger partial charge on any atom is 0.318 e. The van der Waals surface area contributed by atoms with Crippen LogP contribution in [0.25, 0.3) is 11.0 Å². The summed E-state index contributed by atoms with van der Waals surface area (Å²) in [6, 6.07) is 0.298. The highest BCUT2D eigenvalue weighted by Gasteiger charge is 2.15. The van der Waals surface area contributed by atoms with Gasteiger partial charge in [0.05, 0.1) is 7.11 Å². The van der Waals surface area contributed by atoms with Crippen molar-refractivity contribution in [1.29, 1.82) is 0 Å². The van der Waals surface area contributed by atoms with Crippen molar-refractivity contribution in [2.45, 2.75) is 26.7 Å². The third kappa shape index (κ3) is 3.44. The summed E-state index contributed by atoms with van der Waals surface area (Å²) in [6.07, 6.45) is 1.97. The van der Waals surface area contributed by atoms with Gasteiger partial charge in [0.15, 0.2) is 11.6 Å². The van der Waals surface area contributed by atoms with Crippen molar-refractivity contribution in [2.75, 3.05) is 43.2 Å². The van der Waals surface area contributed by atoms with E-state index in [1.807, 2.05) is 0 Å². The van der Waals surface area contributed by atoms with Crippen LogP contribution in [0.5, 0.6) is 6.01 Å². The molecule has 2 aromatic heterocycles. The fourth-order valence-electron chi connectivity index (χ4n) is 1.93. The minimum Gasteiger partial charge on any atom is -0.467 e. The predicted octanol–water partition coefficient (Wildman–Crippen LogP) is 2.11. The second-order valence-corrected chi connectivity index (χ2v) is 4.76. The Labute approximate surface area is 130 Å². The molecule has 0 amide bonds. The van der Waals surface area contributed by atoms with Gasteiger partial charge in [-0.05, 0) is 12.8 Å². The zero-order valence-corrected chi connectivity index (χ0v) is 13.5. The van der Waals surface area contributed by atoms with Crippen molar-refractivity contribution in [3.05, 3.63) is 0 Å². The van der Waals surface area contributed by atoms with Gasteiger partial charge < -0.3 is 20.7 Å². The second-order valence-electron chi connectivity index (χ2n) is 4.76. The number of methoxy groups -OCH3 is 1. The fourth-order valence-corrected chi connectivity index (χ4v) is 1.93. The zero-order chi connectivity index (χ0) is 15.9. The van der Waals surface area contributed by atoms with E-state index in [0.29, 0.717) is 34.6 Å². The second kappa shape index (κ2) is 7.58. The molecule has 0 aliphatic heterocycles. The lowest BCUT2D eigenvalue weighted by Gasteiger charge is -2.13. The maximum atomic E-state index is 5.20. The number of aromatic nitrogens is 4. The molecule has 0 aromatic carbocycles. The molecule has 0 atom stereocenters. The van der Waals surface area contributed by atoms with Gasteiger partial charge in [-0.2, -0.15) is 15.0 Å². The van der Waals surface area contributed by atoms with Gasteiger partial charge in [0.25, 0.3) is 0 Å². The van der Waals surface area contributed by atoms with Crippen LogP contribution >= 0.6 is 0 Å². The molecule has 0 aliphatic rings. The molecule has 2 aromatic rings. The quantitative estimate of drug-likeness (QED) is 0.682. The molecular formula is C14H23N7O. The Morgan fingerprint density at radius 3 is 2.00 bits per heavy atom. The largest absolute Gasteiger partial charge is 0.467 e. The highest BCUT2D eigenvalue weighted by molar-refractivity contribution is 5.93. The summed E-state index contributed by atoms with van der Waals surface area (Å²) in [5.74, 6) is 1.86. The Balaban J connectivity index is 2.60. The monoisotopic (exact) mass is 305 g/mol. The van der Waals surface area contributed by atoms with Crippen LogP contribution < -0.4 is 20.7 Å². The SMILES string of the molecule is CCCNc1nc(OC)nc2c(NCCC)nc(NC)nc12. The van der Waals surface area contributed by atoms with Crippen LogP contribution in [0.2, 0.25) is 0 Å². The molecule has 0 bridgehead atoms. The van der Waals surface area contributed by atoms with Gasteiger partial charge in [0, 0.05) is 20.1 Å².